The average molecular weight is 1490 g/mol. The Hall–Kier alpha value is -8.64. The summed E-state index contributed by atoms with van der Waals surface area (Å²) in [7, 11) is 0. The van der Waals surface area contributed by atoms with Crippen molar-refractivity contribution in [3.05, 3.63) is 35.3 Å². The van der Waals surface area contributed by atoms with Crippen LogP contribution in [0.1, 0.15) is 179 Å². The predicted octanol–water partition coefficient (Wildman–Crippen LogP) is 5.81. The van der Waals surface area contributed by atoms with Gasteiger partial charge >= 0.3 is 54.1 Å². The number of alkyl carbamates (subject to hydrolysis) is 3. The summed E-state index contributed by atoms with van der Waals surface area (Å²) in [5.74, 6) is -6.23. The van der Waals surface area contributed by atoms with Crippen LogP contribution < -0.4 is 38.9 Å². The number of hydrogen-bond acceptors (Lipinski definition) is 24. The van der Waals surface area contributed by atoms with Crippen LogP contribution in [0.5, 0.6) is 0 Å². The zero-order chi connectivity index (χ0) is 76.6. The molecule has 560 valence electrons. The van der Waals surface area contributed by atoms with Crippen LogP contribution in [0.2, 0.25) is 0 Å². The molecule has 3 rings (SSSR count). The Morgan fingerprint density at radius 2 is 0.879 bits per heavy atom. The number of amides is 7. The van der Waals surface area contributed by atoms with Crippen molar-refractivity contribution >= 4 is 129 Å². The lowest BCUT2D eigenvalue weighted by Gasteiger charge is -2.19. The largest absolute Gasteiger partial charge is 0.480 e. The number of nitrogens with two attached hydrogens (primary N) is 4. The second-order valence-electron chi connectivity index (χ2n) is 24.3. The third-order valence-electron chi connectivity index (χ3n) is 11.7. The minimum absolute atomic E-state index is 0.163. The van der Waals surface area contributed by atoms with Gasteiger partial charge < -0.3 is 62.3 Å². The van der Waals surface area contributed by atoms with Gasteiger partial charge in [0.15, 0.2) is 12.0 Å². The Bertz CT molecular complexity index is 2860. The molecule has 0 aromatic rings. The number of aliphatic imine (C=N–C) groups is 4. The molecule has 15 N–H and O–H groups in total. The number of rotatable bonds is 30. The zero-order valence-electron chi connectivity index (χ0n) is 59.0. The van der Waals surface area contributed by atoms with E-state index in [1.807, 2.05) is 0 Å². The van der Waals surface area contributed by atoms with Crippen molar-refractivity contribution in [3.63, 3.8) is 0 Å². The van der Waals surface area contributed by atoms with Crippen molar-refractivity contribution in [1.29, 1.82) is 0 Å². The van der Waals surface area contributed by atoms with Gasteiger partial charge in [-0.3, -0.25) is 64.7 Å². The van der Waals surface area contributed by atoms with Crippen LogP contribution in [0.25, 0.3) is 0 Å². The van der Waals surface area contributed by atoms with Gasteiger partial charge in [0.05, 0.1) is 4.91 Å². The Balaban J connectivity index is -0.00000118. The number of esters is 2. The lowest BCUT2D eigenvalue weighted by Crippen LogP contribution is -2.36. The van der Waals surface area contributed by atoms with E-state index in [0.717, 1.165) is 48.2 Å². The first-order valence-corrected chi connectivity index (χ1v) is 33.9. The minimum atomic E-state index is -1.09. The molecule has 3 aliphatic rings. The highest BCUT2D eigenvalue weighted by atomic mass is 79.9. The summed E-state index contributed by atoms with van der Waals surface area (Å²) >= 11 is 4.59. The highest BCUT2D eigenvalue weighted by Crippen LogP contribution is 2.23. The molecule has 3 heterocycles. The van der Waals surface area contributed by atoms with Crippen LogP contribution in [0, 0.1) is 0 Å². The molecule has 0 fully saturated rings. The normalized spacial score (nSPS) is 14.5. The maximum absolute atomic E-state index is 11.8. The van der Waals surface area contributed by atoms with Gasteiger partial charge in [0, 0.05) is 48.8 Å². The number of nitrogens with one attached hydrogen (secondary N) is 3. The summed E-state index contributed by atoms with van der Waals surface area (Å²) in [5, 5.41) is 44.0. The van der Waals surface area contributed by atoms with E-state index in [9.17, 15) is 67.4 Å². The van der Waals surface area contributed by atoms with Crippen LogP contribution in [0.4, 0.5) is 14.4 Å². The molecule has 36 heteroatoms. The average Bonchev–Trinajstić information content (AvgIpc) is 1.82. The Morgan fingerprint density at radius 3 is 1.18 bits per heavy atom. The van der Waals surface area contributed by atoms with E-state index in [1.165, 1.54) is 68.0 Å². The van der Waals surface area contributed by atoms with Gasteiger partial charge in [0.1, 0.15) is 52.9 Å². The molecule has 3 unspecified atom stereocenters. The number of alkyl halides is 1. The monoisotopic (exact) mass is 1490 g/mol. The molecule has 7 amide bonds. The molecule has 0 radical (unpaired) electrons. The van der Waals surface area contributed by atoms with Crippen LogP contribution in [0.3, 0.4) is 0 Å². The number of carboxylic acids is 4. The highest BCUT2D eigenvalue weighted by Gasteiger charge is 2.30. The number of carboxylic acid groups (broad SMARTS) is 4. The third-order valence-corrected chi connectivity index (χ3v) is 13.0. The number of carbonyl (C=O) groups excluding carboxylic acids is 9. The van der Waals surface area contributed by atoms with E-state index < -0.39 is 89.0 Å². The Labute approximate surface area is 590 Å². The Morgan fingerprint density at radius 1 is 0.525 bits per heavy atom. The van der Waals surface area contributed by atoms with E-state index in [4.69, 9.17) is 52.5 Å². The summed E-state index contributed by atoms with van der Waals surface area (Å²) in [6, 6.07) is -2.81. The van der Waals surface area contributed by atoms with Gasteiger partial charge in [-0.2, -0.15) is 0 Å². The number of imide groups is 2. The van der Waals surface area contributed by atoms with Gasteiger partial charge in [0.2, 0.25) is 0 Å². The maximum atomic E-state index is 11.8. The van der Waals surface area contributed by atoms with E-state index in [0.29, 0.717) is 75.9 Å². The molecule has 0 aromatic carbocycles. The van der Waals surface area contributed by atoms with Crippen molar-refractivity contribution in [2.45, 2.75) is 214 Å². The van der Waals surface area contributed by atoms with Crippen molar-refractivity contribution in [1.82, 2.24) is 25.8 Å². The van der Waals surface area contributed by atoms with Crippen LogP contribution in [0.15, 0.2) is 55.3 Å². The molecule has 0 aromatic heterocycles. The molecular weight excluding hydrogens is 1390 g/mol. The number of ether oxygens (including phenoxy) is 4. The summed E-state index contributed by atoms with van der Waals surface area (Å²) in [5.41, 5.74) is 19.1. The van der Waals surface area contributed by atoms with E-state index >= 15 is 0 Å². The van der Waals surface area contributed by atoms with Gasteiger partial charge in [-0.05, 0) is 154 Å². The number of carbonyl (C=O) groups is 13. The first kappa shape index (κ1) is 94.5. The Kier molecular flexibility index (Phi) is 49.2. The number of aliphatic carboxylic acids is 4. The van der Waals surface area contributed by atoms with Crippen molar-refractivity contribution in [2.24, 2.45) is 42.9 Å². The van der Waals surface area contributed by atoms with Gasteiger partial charge in [-0.1, -0.05) is 60.9 Å². The molecule has 3 atom stereocenters. The summed E-state index contributed by atoms with van der Waals surface area (Å²) < 4.78 is 19.1. The van der Waals surface area contributed by atoms with Gasteiger partial charge in [-0.25, -0.2) is 43.3 Å². The fourth-order valence-corrected chi connectivity index (χ4v) is 8.36. The number of halogens is 1. The number of unbranched alkanes of at least 4 members (excludes halogenated alkanes) is 8. The number of cyclic esters (lactones) is 2. The van der Waals surface area contributed by atoms with Crippen LogP contribution in [-0.4, -0.2) is 211 Å². The first-order chi connectivity index (χ1) is 45.9. The van der Waals surface area contributed by atoms with Crippen LogP contribution in [-0.2, 0) is 66.9 Å². The molecule has 0 bridgehead atoms. The molecule has 0 aliphatic carbocycles. The fourth-order valence-electron chi connectivity index (χ4n) is 7.46. The number of thioether (sulfide) groups is 1. The number of amidine groups is 3. The highest BCUT2D eigenvalue weighted by molar-refractivity contribution is 9.09. The van der Waals surface area contributed by atoms with Gasteiger partial charge in [0.25, 0.3) is 23.6 Å². The first-order valence-electron chi connectivity index (χ1n) is 31.6. The predicted molar refractivity (Wildman–Crippen MR) is 376 cm³/mol. The maximum Gasteiger partial charge on any atom is 0.413 e. The van der Waals surface area contributed by atoms with E-state index in [1.54, 1.807) is 75.5 Å². The SMILES string of the molecule is CC(=NC(CCCCCN)C(=O)O)NC(=O)OC(C)(C)C.CC(=NC(CCCCCN1C(=O)C=CC1=O)C(=O)O)NC(=O)OC(C)(C)C.CC(=NCC(=O)O)NC(=O)OC(C)(C)C.CSC1=CC(=O)N(CCCCCC(N=C(N)N)C(=O)O)C1=O.NCCCCCBr.O=C1C=CC(=O)O1. The molecule has 99 heavy (non-hydrogen) atoms. The van der Waals surface area contributed by atoms with Crippen molar-refractivity contribution < 1.29 is 102 Å². The number of nitrogens with zero attached hydrogens (tertiary/aromatic N) is 6. The smallest absolute Gasteiger partial charge is 0.413 e. The quantitative estimate of drug-likeness (QED) is 0.00590. The topological polar surface area (TPSA) is 536 Å². The van der Waals surface area contributed by atoms with E-state index in [-0.39, 0.29) is 60.1 Å². The molecular formula is C63H104BrN13O21S. The third kappa shape index (κ3) is 53.1. The lowest BCUT2D eigenvalue weighted by atomic mass is 10.1. The van der Waals surface area contributed by atoms with E-state index in [2.05, 4.69) is 56.6 Å². The molecule has 0 spiro atoms. The van der Waals surface area contributed by atoms with Crippen molar-refractivity contribution in [2.75, 3.05) is 44.3 Å². The molecule has 0 saturated heterocycles. The standard InChI is InChI=1S/C18H27N3O6.C14H27N3O4.C13H20N4O4S.C9H16N2O4.C5H12BrN.C4H2O3/c1-12(20-17(26)27-18(2,3)4)19-13(16(24)25)8-6-5-7-11-21-14(22)9-10-15(21)23;1-10(17-13(20)21-14(2,3)4)16-11(12(18)19)8-6-5-7-9-15;1-22-9-7-10(18)17(11(9)19)6-4-2-3-5-8(12(20)21)16-13(14)15;1-6(10-5-7(12)13)11-8(14)15-9(2,3)4;6-4-2-1-3-5-7;5-3-1-2-4(6)7-3/h9-10,13H,5-8,11H2,1-4H3,(H,24,25)(H,19,20,26);11H,5-9,15H2,1-4H3,(H,18,19)(H,16,17,20);7-8H,2-6H2,1H3,(H,20,21)(H4,14,15,16);5H2,1-4H3,(H,12,13)(H,10,11,14);1-5,7H2;1-2H. The summed E-state index contributed by atoms with van der Waals surface area (Å²) in [4.78, 5) is 162. The molecule has 3 aliphatic heterocycles. The van der Waals surface area contributed by atoms with Crippen LogP contribution >= 0.6 is 27.7 Å². The number of hydrogen-bond donors (Lipinski definition) is 11. The van der Waals surface area contributed by atoms with Crippen molar-refractivity contribution in [3.8, 4) is 0 Å². The lowest BCUT2D eigenvalue weighted by molar-refractivity contribution is -0.150. The second-order valence-corrected chi connectivity index (χ2v) is 26.0. The zero-order valence-corrected chi connectivity index (χ0v) is 61.4. The minimum Gasteiger partial charge on any atom is -0.480 e. The molecule has 34 nitrogen and oxygen atoms in total. The van der Waals surface area contributed by atoms with Gasteiger partial charge in [-0.15, -0.1) is 11.8 Å². The fraction of sp³-hybridized carbons (Fsp3) is 0.635. The summed E-state index contributed by atoms with van der Waals surface area (Å²) in [6.45, 7) is 21.8. The second kappa shape index (κ2) is 51.5. The molecule has 0 saturated carbocycles. The number of guanidine groups is 1. The summed E-state index contributed by atoms with van der Waals surface area (Å²) in [6.07, 6.45) is 16.6.